The van der Waals surface area contributed by atoms with Gasteiger partial charge < -0.3 is 5.32 Å². The number of amidine groups is 1. The van der Waals surface area contributed by atoms with Crippen LogP contribution in [0, 0.1) is 0 Å². The van der Waals surface area contributed by atoms with Crippen LogP contribution in [0.25, 0.3) is 6.08 Å². The summed E-state index contributed by atoms with van der Waals surface area (Å²) < 4.78 is 0. The maximum absolute atomic E-state index is 4.50. The van der Waals surface area contributed by atoms with Crippen LogP contribution in [-0.2, 0) is 0 Å². The van der Waals surface area contributed by atoms with E-state index < -0.39 is 0 Å². The van der Waals surface area contributed by atoms with Crippen molar-refractivity contribution in [3.63, 3.8) is 0 Å². The number of para-hydroxylation sites is 1. The summed E-state index contributed by atoms with van der Waals surface area (Å²) in [7, 11) is 0. The van der Waals surface area contributed by atoms with Gasteiger partial charge in [0.15, 0.2) is 0 Å². The summed E-state index contributed by atoms with van der Waals surface area (Å²) in [5.74, 6) is 1.00. The molecule has 15 heavy (non-hydrogen) atoms. The van der Waals surface area contributed by atoms with Crippen molar-refractivity contribution in [3.8, 4) is 0 Å². The Morgan fingerprint density at radius 1 is 1.13 bits per heavy atom. The molecule has 2 aliphatic rings. The van der Waals surface area contributed by atoms with E-state index in [-0.39, 0.29) is 0 Å². The van der Waals surface area contributed by atoms with Crippen molar-refractivity contribution in [2.45, 2.75) is 6.42 Å². The number of nitrogens with zero attached hydrogens (tertiary/aromatic N) is 1. The van der Waals surface area contributed by atoms with Gasteiger partial charge in [-0.15, -0.1) is 0 Å². The van der Waals surface area contributed by atoms with E-state index in [9.17, 15) is 0 Å². The fraction of sp³-hybridized carbons (Fsp3) is 0.154. The van der Waals surface area contributed by atoms with Crippen LogP contribution in [0.3, 0.4) is 0 Å². The molecular formula is C13H12N2. The zero-order valence-corrected chi connectivity index (χ0v) is 8.40. The van der Waals surface area contributed by atoms with Crippen molar-refractivity contribution in [3.05, 3.63) is 47.6 Å². The molecule has 0 bridgehead atoms. The van der Waals surface area contributed by atoms with E-state index in [1.807, 2.05) is 6.07 Å². The molecule has 1 aromatic rings. The molecule has 0 fully saturated rings. The normalized spacial score (nSPS) is 17.9. The molecule has 2 aliphatic heterocycles. The van der Waals surface area contributed by atoms with Gasteiger partial charge in [-0.25, -0.2) is 0 Å². The van der Waals surface area contributed by atoms with Crippen molar-refractivity contribution in [2.75, 3.05) is 11.9 Å². The molecule has 3 rings (SSSR count). The first-order valence-corrected chi connectivity index (χ1v) is 5.22. The van der Waals surface area contributed by atoms with Crippen LogP contribution in [0.15, 0.2) is 47.0 Å². The van der Waals surface area contributed by atoms with Crippen molar-refractivity contribution >= 4 is 17.6 Å². The van der Waals surface area contributed by atoms with Gasteiger partial charge in [0.05, 0.1) is 0 Å². The van der Waals surface area contributed by atoms with Crippen LogP contribution >= 0.6 is 0 Å². The first-order valence-electron chi connectivity index (χ1n) is 5.22. The number of anilines is 1. The summed E-state index contributed by atoms with van der Waals surface area (Å²) in [5.41, 5.74) is 3.56. The molecule has 0 aliphatic carbocycles. The molecule has 74 valence electrons. The van der Waals surface area contributed by atoms with E-state index in [1.54, 1.807) is 0 Å². The Hall–Kier alpha value is -1.83. The van der Waals surface area contributed by atoms with Crippen LogP contribution in [0.1, 0.15) is 12.0 Å². The minimum atomic E-state index is 0.891. The molecular weight excluding hydrogens is 184 g/mol. The molecule has 2 heterocycles. The second-order valence-electron chi connectivity index (χ2n) is 3.72. The smallest absolute Gasteiger partial charge is 0.132 e. The van der Waals surface area contributed by atoms with Gasteiger partial charge >= 0.3 is 0 Å². The van der Waals surface area contributed by atoms with Crippen molar-refractivity contribution < 1.29 is 0 Å². The van der Waals surface area contributed by atoms with Gasteiger partial charge in [0, 0.05) is 17.8 Å². The van der Waals surface area contributed by atoms with Gasteiger partial charge in [-0.1, -0.05) is 36.4 Å². The Kier molecular flexibility index (Phi) is 1.91. The third-order valence-corrected chi connectivity index (χ3v) is 2.69. The maximum Gasteiger partial charge on any atom is 0.132 e. The maximum atomic E-state index is 4.50. The highest BCUT2D eigenvalue weighted by atomic mass is 15.0. The van der Waals surface area contributed by atoms with Crippen LogP contribution < -0.4 is 5.32 Å². The second kappa shape index (κ2) is 3.39. The molecule has 0 saturated carbocycles. The van der Waals surface area contributed by atoms with E-state index in [0.29, 0.717) is 0 Å². The zero-order valence-electron chi connectivity index (χ0n) is 8.40. The summed E-state index contributed by atoms with van der Waals surface area (Å²) in [4.78, 5) is 4.50. The SMILES string of the molecule is C1=Cc2ccccc2NC2=NCCC=C12. The average Bonchev–Trinajstić information content (AvgIpc) is 2.48. The number of dihydropyridines is 1. The first-order chi connectivity index (χ1) is 7.43. The third-order valence-electron chi connectivity index (χ3n) is 2.69. The van der Waals surface area contributed by atoms with E-state index in [0.717, 1.165) is 24.5 Å². The lowest BCUT2D eigenvalue weighted by Gasteiger charge is -2.13. The Morgan fingerprint density at radius 2 is 2.07 bits per heavy atom. The highest BCUT2D eigenvalue weighted by Crippen LogP contribution is 2.23. The fourth-order valence-electron chi connectivity index (χ4n) is 1.91. The molecule has 0 aromatic heterocycles. The first kappa shape index (κ1) is 8.48. The summed E-state index contributed by atoms with van der Waals surface area (Å²) in [5, 5.41) is 3.38. The van der Waals surface area contributed by atoms with E-state index in [4.69, 9.17) is 0 Å². The number of rotatable bonds is 0. The quantitative estimate of drug-likeness (QED) is 0.678. The Labute approximate surface area is 89.0 Å². The van der Waals surface area contributed by atoms with E-state index in [2.05, 4.69) is 46.7 Å². The molecule has 2 heteroatoms. The third kappa shape index (κ3) is 1.48. The minimum Gasteiger partial charge on any atom is -0.340 e. The van der Waals surface area contributed by atoms with Crippen molar-refractivity contribution in [1.82, 2.24) is 0 Å². The summed E-state index contributed by atoms with van der Waals surface area (Å²) in [6, 6.07) is 8.28. The number of benzene rings is 1. The van der Waals surface area contributed by atoms with Crippen LogP contribution in [0.5, 0.6) is 0 Å². The predicted octanol–water partition coefficient (Wildman–Crippen LogP) is 2.85. The lowest BCUT2D eigenvalue weighted by Crippen LogP contribution is -2.16. The van der Waals surface area contributed by atoms with Crippen molar-refractivity contribution in [2.24, 2.45) is 4.99 Å². The molecule has 0 amide bonds. The molecule has 0 atom stereocenters. The van der Waals surface area contributed by atoms with E-state index >= 15 is 0 Å². The van der Waals surface area contributed by atoms with Gasteiger partial charge in [-0.2, -0.15) is 0 Å². The zero-order chi connectivity index (χ0) is 10.1. The fourth-order valence-corrected chi connectivity index (χ4v) is 1.91. The summed E-state index contributed by atoms with van der Waals surface area (Å²) in [6.45, 7) is 0.891. The van der Waals surface area contributed by atoms with Gasteiger partial charge in [0.25, 0.3) is 0 Å². The lowest BCUT2D eigenvalue weighted by molar-refractivity contribution is 0.984. The number of nitrogens with one attached hydrogen (secondary N) is 1. The standard InChI is InChI=1S/C13H12N2/c1-2-6-12-10(4-1)7-8-11-5-3-9-14-13(11)15-12/h1-2,4-8H,3,9H2,(H,14,15). The summed E-state index contributed by atoms with van der Waals surface area (Å²) >= 11 is 0. The molecule has 2 nitrogen and oxygen atoms in total. The Balaban J connectivity index is 2.11. The van der Waals surface area contributed by atoms with Crippen molar-refractivity contribution in [1.29, 1.82) is 0 Å². The van der Waals surface area contributed by atoms with Crippen LogP contribution in [-0.4, -0.2) is 12.4 Å². The van der Waals surface area contributed by atoms with Crippen LogP contribution in [0.4, 0.5) is 5.69 Å². The van der Waals surface area contributed by atoms with Gasteiger partial charge in [-0.3, -0.25) is 4.99 Å². The van der Waals surface area contributed by atoms with Gasteiger partial charge in [0.2, 0.25) is 0 Å². The number of hydrogen-bond donors (Lipinski definition) is 1. The topological polar surface area (TPSA) is 24.4 Å². The highest BCUT2D eigenvalue weighted by molar-refractivity contribution is 6.12. The second-order valence-corrected chi connectivity index (χ2v) is 3.72. The Bertz CT molecular complexity index is 481. The average molecular weight is 196 g/mol. The molecule has 1 N–H and O–H groups in total. The molecule has 0 unspecified atom stereocenters. The van der Waals surface area contributed by atoms with Gasteiger partial charge in [-0.05, 0) is 18.1 Å². The molecule has 0 spiro atoms. The molecule has 1 aromatic carbocycles. The predicted molar refractivity (Wildman–Crippen MR) is 64.1 cm³/mol. The monoisotopic (exact) mass is 196 g/mol. The van der Waals surface area contributed by atoms with E-state index in [1.165, 1.54) is 11.1 Å². The van der Waals surface area contributed by atoms with Gasteiger partial charge in [0.1, 0.15) is 5.84 Å². The minimum absolute atomic E-state index is 0.891. The Morgan fingerprint density at radius 3 is 3.07 bits per heavy atom. The number of aliphatic imine (C=N–C) groups is 1. The highest BCUT2D eigenvalue weighted by Gasteiger charge is 2.12. The largest absolute Gasteiger partial charge is 0.340 e. The van der Waals surface area contributed by atoms with Crippen LogP contribution in [0.2, 0.25) is 0 Å². The molecule has 0 radical (unpaired) electrons. The number of hydrogen-bond acceptors (Lipinski definition) is 2. The molecule has 0 saturated heterocycles. The summed E-state index contributed by atoms with van der Waals surface area (Å²) in [6.07, 6.45) is 7.55. The lowest BCUT2D eigenvalue weighted by atomic mass is 10.1. The number of fused-ring (bicyclic) bond motifs is 2.